The molecule has 1 aromatic heterocycles. The third-order valence-electron chi connectivity index (χ3n) is 3.56. The molecule has 1 N–H and O–H groups in total. The van der Waals surface area contributed by atoms with E-state index in [-0.39, 0.29) is 5.78 Å². The zero-order chi connectivity index (χ0) is 14.1. The van der Waals surface area contributed by atoms with Crippen LogP contribution in [0.3, 0.4) is 0 Å². The number of hydrogen-bond acceptors (Lipinski definition) is 4. The van der Waals surface area contributed by atoms with Gasteiger partial charge in [-0.2, -0.15) is 0 Å². The molecule has 1 aliphatic carbocycles. The van der Waals surface area contributed by atoms with E-state index in [2.05, 4.69) is 17.1 Å². The number of carbonyl (C=O) groups excluding carboxylic acids is 1. The summed E-state index contributed by atoms with van der Waals surface area (Å²) in [6, 6.07) is 7.15. The highest BCUT2D eigenvalue weighted by molar-refractivity contribution is 6.28. The number of oxime groups is 1. The molecule has 0 unspecified atom stereocenters. The van der Waals surface area contributed by atoms with Crippen molar-refractivity contribution in [2.45, 2.75) is 26.3 Å². The summed E-state index contributed by atoms with van der Waals surface area (Å²) in [6.45, 7) is 2.84. The predicted octanol–water partition coefficient (Wildman–Crippen LogP) is 2.45. The molecule has 3 rings (SSSR count). The standard InChI is InChI=1S/C15H15N3O2/c1-2-3-8-18-9-16-13-12(17-20)10-6-4-5-7-11(10)15(19)14(13)18/h4-7,9,20H,2-3,8H2,1H3. The Morgan fingerprint density at radius 3 is 2.75 bits per heavy atom. The Morgan fingerprint density at radius 1 is 1.30 bits per heavy atom. The third-order valence-corrected chi connectivity index (χ3v) is 3.56. The molecule has 1 aromatic carbocycles. The van der Waals surface area contributed by atoms with Gasteiger partial charge in [0, 0.05) is 17.7 Å². The predicted molar refractivity (Wildman–Crippen MR) is 74.4 cm³/mol. The normalized spacial score (nSPS) is 15.2. The lowest BCUT2D eigenvalue weighted by atomic mass is 9.89. The lowest BCUT2D eigenvalue weighted by Gasteiger charge is -2.17. The average molecular weight is 269 g/mol. The zero-order valence-corrected chi connectivity index (χ0v) is 11.2. The number of ketones is 1. The second-order valence-corrected chi connectivity index (χ2v) is 4.81. The highest BCUT2D eigenvalue weighted by Crippen LogP contribution is 2.27. The first-order valence-electron chi connectivity index (χ1n) is 6.69. The molecular weight excluding hydrogens is 254 g/mol. The van der Waals surface area contributed by atoms with Crippen molar-refractivity contribution in [1.29, 1.82) is 0 Å². The molecule has 0 spiro atoms. The average Bonchev–Trinajstić information content (AvgIpc) is 2.90. The van der Waals surface area contributed by atoms with Crippen molar-refractivity contribution in [2.75, 3.05) is 0 Å². The number of imidazole rings is 1. The van der Waals surface area contributed by atoms with Crippen molar-refractivity contribution in [3.05, 3.63) is 53.1 Å². The molecule has 0 fully saturated rings. The molecule has 20 heavy (non-hydrogen) atoms. The highest BCUT2D eigenvalue weighted by atomic mass is 16.4. The van der Waals surface area contributed by atoms with Crippen molar-refractivity contribution in [3.8, 4) is 0 Å². The van der Waals surface area contributed by atoms with Gasteiger partial charge in [-0.1, -0.05) is 42.8 Å². The molecule has 0 saturated heterocycles. The van der Waals surface area contributed by atoms with Gasteiger partial charge in [0.05, 0.1) is 6.33 Å². The monoisotopic (exact) mass is 269 g/mol. The van der Waals surface area contributed by atoms with E-state index in [0.29, 0.717) is 28.2 Å². The van der Waals surface area contributed by atoms with Gasteiger partial charge in [-0.05, 0) is 6.42 Å². The summed E-state index contributed by atoms with van der Waals surface area (Å²) < 4.78 is 1.85. The fourth-order valence-electron chi connectivity index (χ4n) is 2.54. The van der Waals surface area contributed by atoms with Crippen LogP contribution >= 0.6 is 0 Å². The van der Waals surface area contributed by atoms with Crippen molar-refractivity contribution in [3.63, 3.8) is 0 Å². The molecule has 0 amide bonds. The van der Waals surface area contributed by atoms with Gasteiger partial charge in [0.2, 0.25) is 5.78 Å². The molecular formula is C15H15N3O2. The Labute approximate surface area is 116 Å². The summed E-state index contributed by atoms with van der Waals surface area (Å²) >= 11 is 0. The third kappa shape index (κ3) is 1.74. The summed E-state index contributed by atoms with van der Waals surface area (Å²) in [4.78, 5) is 16.9. The van der Waals surface area contributed by atoms with Crippen LogP contribution in [0.25, 0.3) is 0 Å². The van der Waals surface area contributed by atoms with E-state index in [1.165, 1.54) is 0 Å². The van der Waals surface area contributed by atoms with Crippen LogP contribution in [0.5, 0.6) is 0 Å². The van der Waals surface area contributed by atoms with E-state index < -0.39 is 0 Å². The van der Waals surface area contributed by atoms with Crippen LogP contribution in [-0.4, -0.2) is 26.3 Å². The molecule has 5 nitrogen and oxygen atoms in total. The van der Waals surface area contributed by atoms with Crippen molar-refractivity contribution < 1.29 is 10.0 Å². The lowest BCUT2D eigenvalue weighted by Crippen LogP contribution is -2.24. The molecule has 1 heterocycles. The summed E-state index contributed by atoms with van der Waals surface area (Å²) in [5, 5.41) is 12.6. The number of aryl methyl sites for hydroxylation is 1. The largest absolute Gasteiger partial charge is 0.410 e. The SMILES string of the molecule is CCCCn1cnc2c1C(=O)c1ccccc1C2=NO. The second kappa shape index (κ2) is 4.92. The minimum absolute atomic E-state index is 0.0587. The van der Waals surface area contributed by atoms with Crippen LogP contribution < -0.4 is 0 Å². The molecule has 0 aliphatic heterocycles. The zero-order valence-electron chi connectivity index (χ0n) is 11.2. The van der Waals surface area contributed by atoms with Gasteiger partial charge in [0.15, 0.2) is 0 Å². The van der Waals surface area contributed by atoms with Crippen LogP contribution in [-0.2, 0) is 6.54 Å². The molecule has 0 radical (unpaired) electrons. The van der Waals surface area contributed by atoms with Crippen LogP contribution in [0.15, 0.2) is 35.7 Å². The molecule has 0 bridgehead atoms. The number of aromatic nitrogens is 2. The van der Waals surface area contributed by atoms with Gasteiger partial charge >= 0.3 is 0 Å². The first kappa shape index (κ1) is 12.6. The van der Waals surface area contributed by atoms with E-state index in [9.17, 15) is 10.0 Å². The highest BCUT2D eigenvalue weighted by Gasteiger charge is 2.32. The molecule has 5 heteroatoms. The Morgan fingerprint density at radius 2 is 2.05 bits per heavy atom. The number of nitrogens with zero attached hydrogens (tertiary/aromatic N) is 3. The van der Waals surface area contributed by atoms with Crippen LogP contribution in [0.2, 0.25) is 0 Å². The van der Waals surface area contributed by atoms with E-state index >= 15 is 0 Å². The molecule has 2 aromatic rings. The van der Waals surface area contributed by atoms with Gasteiger partial charge in [-0.15, -0.1) is 0 Å². The van der Waals surface area contributed by atoms with Crippen molar-refractivity contribution >= 4 is 11.5 Å². The number of carbonyl (C=O) groups is 1. The van der Waals surface area contributed by atoms with E-state index in [4.69, 9.17) is 0 Å². The Bertz CT molecular complexity index is 701. The summed E-state index contributed by atoms with van der Waals surface area (Å²) in [6.07, 6.45) is 3.66. The Kier molecular flexibility index (Phi) is 3.10. The number of rotatable bonds is 3. The quantitative estimate of drug-likeness (QED) is 0.586. The topological polar surface area (TPSA) is 67.5 Å². The van der Waals surface area contributed by atoms with Crippen molar-refractivity contribution in [1.82, 2.24) is 9.55 Å². The minimum atomic E-state index is -0.0587. The number of hydrogen-bond donors (Lipinski definition) is 1. The molecule has 0 atom stereocenters. The number of benzene rings is 1. The van der Waals surface area contributed by atoms with Gasteiger partial charge in [-0.3, -0.25) is 4.79 Å². The van der Waals surface area contributed by atoms with Gasteiger partial charge < -0.3 is 9.77 Å². The van der Waals surface area contributed by atoms with E-state index in [0.717, 1.165) is 19.4 Å². The Balaban J connectivity index is 2.17. The minimum Gasteiger partial charge on any atom is -0.410 e. The summed E-state index contributed by atoms with van der Waals surface area (Å²) in [5.41, 5.74) is 2.54. The smallest absolute Gasteiger partial charge is 0.212 e. The van der Waals surface area contributed by atoms with Gasteiger partial charge in [-0.25, -0.2) is 4.98 Å². The van der Waals surface area contributed by atoms with Gasteiger partial charge in [0.25, 0.3) is 0 Å². The molecule has 102 valence electrons. The maximum absolute atomic E-state index is 12.6. The maximum Gasteiger partial charge on any atom is 0.212 e. The summed E-state index contributed by atoms with van der Waals surface area (Å²) in [5.74, 6) is -0.0587. The maximum atomic E-state index is 12.6. The first-order valence-corrected chi connectivity index (χ1v) is 6.69. The lowest BCUT2D eigenvalue weighted by molar-refractivity contribution is 0.102. The molecule has 1 aliphatic rings. The number of fused-ring (bicyclic) bond motifs is 2. The molecule has 0 saturated carbocycles. The van der Waals surface area contributed by atoms with Crippen molar-refractivity contribution in [2.24, 2.45) is 5.16 Å². The van der Waals surface area contributed by atoms with Crippen LogP contribution in [0.1, 0.15) is 47.1 Å². The van der Waals surface area contributed by atoms with Crippen LogP contribution in [0.4, 0.5) is 0 Å². The van der Waals surface area contributed by atoms with E-state index in [1.54, 1.807) is 18.5 Å². The van der Waals surface area contributed by atoms with Crippen LogP contribution in [0, 0.1) is 0 Å². The fourth-order valence-corrected chi connectivity index (χ4v) is 2.54. The second-order valence-electron chi connectivity index (χ2n) is 4.81. The first-order chi connectivity index (χ1) is 9.77. The Hall–Kier alpha value is -2.43. The fraction of sp³-hybridized carbons (Fsp3) is 0.267. The van der Waals surface area contributed by atoms with E-state index in [1.807, 2.05) is 16.7 Å². The summed E-state index contributed by atoms with van der Waals surface area (Å²) in [7, 11) is 0. The van der Waals surface area contributed by atoms with Gasteiger partial charge in [0.1, 0.15) is 17.1 Å². The number of unbranched alkanes of at least 4 members (excludes halogenated alkanes) is 1.